The molecule has 0 fully saturated rings. The molecule has 1 aromatic heterocycles. The molecule has 0 aliphatic carbocycles. The molecular weight excluding hydrogens is 409 g/mol. The summed E-state index contributed by atoms with van der Waals surface area (Å²) in [6.07, 6.45) is -4.00. The highest BCUT2D eigenvalue weighted by atomic mass is 19.4. The van der Waals surface area contributed by atoms with E-state index in [0.29, 0.717) is 24.4 Å². The van der Waals surface area contributed by atoms with Crippen LogP contribution in [0.4, 0.5) is 23.7 Å². The van der Waals surface area contributed by atoms with Gasteiger partial charge in [0, 0.05) is 31.3 Å². The van der Waals surface area contributed by atoms with Crippen molar-refractivity contribution in [2.24, 2.45) is 7.05 Å². The Balaban J connectivity index is 1.49. The molecule has 0 atom stereocenters. The van der Waals surface area contributed by atoms with Crippen LogP contribution in [0.15, 0.2) is 54.6 Å². The van der Waals surface area contributed by atoms with E-state index in [-0.39, 0.29) is 18.8 Å². The van der Waals surface area contributed by atoms with Gasteiger partial charge in [0.1, 0.15) is 18.1 Å². The van der Waals surface area contributed by atoms with Gasteiger partial charge in [0.25, 0.3) is 0 Å². The van der Waals surface area contributed by atoms with Gasteiger partial charge in [-0.3, -0.25) is 4.68 Å². The maximum absolute atomic E-state index is 13.2. The maximum atomic E-state index is 13.2. The Hall–Kier alpha value is -3.49. The van der Waals surface area contributed by atoms with Crippen molar-refractivity contribution in [3.63, 3.8) is 0 Å². The molecule has 31 heavy (non-hydrogen) atoms. The molecule has 4 rings (SSSR count). The van der Waals surface area contributed by atoms with Gasteiger partial charge in [-0.15, -0.1) is 0 Å². The molecule has 162 valence electrons. The van der Waals surface area contributed by atoms with Gasteiger partial charge in [0.15, 0.2) is 0 Å². The number of para-hydroxylation sites is 2. The van der Waals surface area contributed by atoms with E-state index in [4.69, 9.17) is 4.74 Å². The number of halogens is 3. The first-order valence-electron chi connectivity index (χ1n) is 9.76. The Morgan fingerprint density at radius 1 is 1.13 bits per heavy atom. The normalized spacial score (nSPS) is 13.6. The van der Waals surface area contributed by atoms with Gasteiger partial charge in [0.2, 0.25) is 0 Å². The molecule has 2 aromatic carbocycles. The number of hydrogen-bond donors (Lipinski definition) is 1. The van der Waals surface area contributed by atoms with Gasteiger partial charge in [0.05, 0.1) is 17.8 Å². The highest BCUT2D eigenvalue weighted by molar-refractivity contribution is 5.90. The number of hydrogen-bond acceptors (Lipinski definition) is 3. The lowest BCUT2D eigenvalue weighted by Crippen LogP contribution is -2.39. The average molecular weight is 430 g/mol. The largest absolute Gasteiger partial charge is 0.487 e. The maximum Gasteiger partial charge on any atom is 0.418 e. The first-order chi connectivity index (χ1) is 14.8. The molecule has 0 bridgehead atoms. The predicted octanol–water partition coefficient (Wildman–Crippen LogP) is 4.61. The van der Waals surface area contributed by atoms with Gasteiger partial charge in [-0.2, -0.15) is 18.3 Å². The summed E-state index contributed by atoms with van der Waals surface area (Å²) in [7, 11) is 1.83. The van der Waals surface area contributed by atoms with Crippen molar-refractivity contribution in [3.8, 4) is 5.75 Å². The third-order valence-electron chi connectivity index (χ3n) is 5.21. The standard InChI is InChI=1S/C22H21F3N4O2/c1-28-20-11-12-29(21(30)26-18-10-6-5-9-17(18)22(23,24)25)13-16(20)19(27-28)14-31-15-7-3-2-4-8-15/h2-10H,11-14H2,1H3,(H,26,30). The highest BCUT2D eigenvalue weighted by Crippen LogP contribution is 2.35. The van der Waals surface area contributed by atoms with Gasteiger partial charge >= 0.3 is 12.2 Å². The number of alkyl halides is 3. The highest BCUT2D eigenvalue weighted by Gasteiger charge is 2.34. The Labute approximate surface area is 177 Å². The zero-order chi connectivity index (χ0) is 22.0. The van der Waals surface area contributed by atoms with Crippen LogP contribution < -0.4 is 10.1 Å². The Morgan fingerprint density at radius 3 is 2.58 bits per heavy atom. The molecule has 1 aliphatic heterocycles. The number of rotatable bonds is 4. The van der Waals surface area contributed by atoms with Crippen molar-refractivity contribution in [3.05, 3.63) is 77.1 Å². The Kier molecular flexibility index (Phi) is 5.58. The number of carbonyl (C=O) groups is 1. The quantitative estimate of drug-likeness (QED) is 0.658. The third kappa shape index (κ3) is 4.50. The number of ether oxygens (including phenoxy) is 1. The number of urea groups is 1. The van der Waals surface area contributed by atoms with Gasteiger partial charge in [-0.1, -0.05) is 30.3 Å². The van der Waals surface area contributed by atoms with E-state index in [2.05, 4.69) is 10.4 Å². The van der Waals surface area contributed by atoms with Crippen LogP contribution in [-0.4, -0.2) is 27.3 Å². The summed E-state index contributed by atoms with van der Waals surface area (Å²) < 4.78 is 47.3. The van der Waals surface area contributed by atoms with Crippen LogP contribution in [0.1, 0.15) is 22.5 Å². The molecule has 3 aromatic rings. The molecular formula is C22H21F3N4O2. The second kappa shape index (κ2) is 8.33. The number of nitrogens with one attached hydrogen (secondary N) is 1. The zero-order valence-electron chi connectivity index (χ0n) is 16.8. The number of fused-ring (bicyclic) bond motifs is 1. The monoisotopic (exact) mass is 430 g/mol. The van der Waals surface area contributed by atoms with Crippen molar-refractivity contribution < 1.29 is 22.7 Å². The molecule has 1 aliphatic rings. The lowest BCUT2D eigenvalue weighted by molar-refractivity contribution is -0.136. The number of nitrogens with zero attached hydrogens (tertiary/aromatic N) is 3. The first-order valence-corrected chi connectivity index (χ1v) is 9.76. The van der Waals surface area contributed by atoms with E-state index in [0.717, 1.165) is 17.3 Å². The lowest BCUT2D eigenvalue weighted by Gasteiger charge is -2.28. The minimum absolute atomic E-state index is 0.236. The van der Waals surface area contributed by atoms with E-state index in [1.54, 1.807) is 4.68 Å². The summed E-state index contributed by atoms with van der Waals surface area (Å²) >= 11 is 0. The lowest BCUT2D eigenvalue weighted by atomic mass is 10.1. The van der Waals surface area contributed by atoms with Crippen LogP contribution in [0.2, 0.25) is 0 Å². The van der Waals surface area contributed by atoms with Crippen molar-refractivity contribution >= 4 is 11.7 Å². The smallest absolute Gasteiger partial charge is 0.418 e. The van der Waals surface area contributed by atoms with Crippen LogP contribution >= 0.6 is 0 Å². The molecule has 6 nitrogen and oxygen atoms in total. The second-order valence-corrected chi connectivity index (χ2v) is 7.24. The number of benzene rings is 2. The number of carbonyl (C=O) groups excluding carboxylic acids is 1. The van der Waals surface area contributed by atoms with Gasteiger partial charge in [-0.25, -0.2) is 4.79 Å². The number of aryl methyl sites for hydroxylation is 1. The molecule has 9 heteroatoms. The van der Waals surface area contributed by atoms with Crippen molar-refractivity contribution in [2.75, 3.05) is 11.9 Å². The van der Waals surface area contributed by atoms with Crippen LogP contribution in [0.5, 0.6) is 5.75 Å². The Morgan fingerprint density at radius 2 is 1.84 bits per heavy atom. The van der Waals surface area contributed by atoms with E-state index in [9.17, 15) is 18.0 Å². The molecule has 0 saturated heterocycles. The summed E-state index contributed by atoms with van der Waals surface area (Å²) in [4.78, 5) is 14.2. The Bertz CT molecular complexity index is 1080. The fourth-order valence-electron chi connectivity index (χ4n) is 3.66. The summed E-state index contributed by atoms with van der Waals surface area (Å²) in [6, 6.07) is 13.7. The van der Waals surface area contributed by atoms with Crippen LogP contribution in [0.3, 0.4) is 0 Å². The molecule has 2 heterocycles. The topological polar surface area (TPSA) is 59.4 Å². The van der Waals surface area contributed by atoms with E-state index >= 15 is 0 Å². The summed E-state index contributed by atoms with van der Waals surface area (Å²) in [5.41, 5.74) is 1.42. The van der Waals surface area contributed by atoms with E-state index in [1.807, 2.05) is 37.4 Å². The van der Waals surface area contributed by atoms with Crippen molar-refractivity contribution in [1.29, 1.82) is 0 Å². The fraction of sp³-hybridized carbons (Fsp3) is 0.273. The molecule has 0 unspecified atom stereocenters. The molecule has 1 N–H and O–H groups in total. The number of aromatic nitrogens is 2. The second-order valence-electron chi connectivity index (χ2n) is 7.24. The predicted molar refractivity (Wildman–Crippen MR) is 109 cm³/mol. The minimum atomic E-state index is -4.55. The first kappa shape index (κ1) is 20.8. The fourth-order valence-corrected chi connectivity index (χ4v) is 3.66. The number of amides is 2. The molecule has 2 amide bonds. The van der Waals surface area contributed by atoms with Crippen LogP contribution in [0.25, 0.3) is 0 Å². The average Bonchev–Trinajstić information content (AvgIpc) is 3.07. The van der Waals surface area contributed by atoms with Crippen LogP contribution in [-0.2, 0) is 32.8 Å². The van der Waals surface area contributed by atoms with E-state index in [1.165, 1.54) is 23.1 Å². The number of anilines is 1. The third-order valence-corrected chi connectivity index (χ3v) is 5.21. The summed E-state index contributed by atoms with van der Waals surface area (Å²) in [6.45, 7) is 0.863. The van der Waals surface area contributed by atoms with Crippen molar-refractivity contribution in [1.82, 2.24) is 14.7 Å². The van der Waals surface area contributed by atoms with Crippen molar-refractivity contribution in [2.45, 2.75) is 25.7 Å². The van der Waals surface area contributed by atoms with E-state index < -0.39 is 17.8 Å². The molecule has 0 radical (unpaired) electrons. The van der Waals surface area contributed by atoms with Gasteiger partial charge < -0.3 is 15.0 Å². The van der Waals surface area contributed by atoms with Gasteiger partial charge in [-0.05, 0) is 24.3 Å². The molecule has 0 saturated carbocycles. The summed E-state index contributed by atoms with van der Waals surface area (Å²) in [5, 5.41) is 6.93. The molecule has 0 spiro atoms. The SMILES string of the molecule is Cn1nc(COc2ccccc2)c2c1CCN(C(=O)Nc1ccccc1C(F)(F)F)C2. The summed E-state index contributed by atoms with van der Waals surface area (Å²) in [5.74, 6) is 0.705. The van der Waals surface area contributed by atoms with Crippen LogP contribution in [0, 0.1) is 0 Å². The minimum Gasteiger partial charge on any atom is -0.487 e. The zero-order valence-corrected chi connectivity index (χ0v) is 16.8.